The van der Waals surface area contributed by atoms with Crippen molar-refractivity contribution in [3.8, 4) is 22.8 Å². The Morgan fingerprint density at radius 1 is 1.08 bits per heavy atom. The summed E-state index contributed by atoms with van der Waals surface area (Å²) >= 11 is 0. The third-order valence-electron chi connectivity index (χ3n) is 4.19. The lowest BCUT2D eigenvalue weighted by atomic mass is 9.97. The van der Waals surface area contributed by atoms with Crippen LogP contribution in [0.15, 0.2) is 48.5 Å². The second-order valence-corrected chi connectivity index (χ2v) is 5.59. The number of methoxy groups -OCH3 is 1. The predicted octanol–water partition coefficient (Wildman–Crippen LogP) is 2.62. The van der Waals surface area contributed by atoms with E-state index in [4.69, 9.17) is 4.74 Å². The Labute approximate surface area is 138 Å². The number of phenolic OH excluding ortho intramolecular Hbond substituents is 1. The maximum Gasteiger partial charge on any atom is 0.270 e. The second kappa shape index (κ2) is 5.42. The molecule has 1 aromatic heterocycles. The summed E-state index contributed by atoms with van der Waals surface area (Å²) in [5.74, 6) is 0.761. The van der Waals surface area contributed by atoms with Crippen molar-refractivity contribution in [1.29, 1.82) is 0 Å². The monoisotopic (exact) mass is 321 g/mol. The molecule has 1 aliphatic heterocycles. The van der Waals surface area contributed by atoms with Gasteiger partial charge in [-0.1, -0.05) is 12.1 Å². The number of phenols is 1. The number of hydrogen-bond donors (Lipinski definition) is 3. The number of carbonyl (C=O) groups is 1. The third kappa shape index (κ3) is 2.20. The van der Waals surface area contributed by atoms with Crippen LogP contribution in [0.1, 0.15) is 27.7 Å². The van der Waals surface area contributed by atoms with E-state index >= 15 is 0 Å². The molecular formula is C18H15N3O3. The molecule has 2 heterocycles. The first-order valence-electron chi connectivity index (χ1n) is 7.50. The topological polar surface area (TPSA) is 87.2 Å². The highest BCUT2D eigenvalue weighted by atomic mass is 16.5. The first-order chi connectivity index (χ1) is 11.7. The van der Waals surface area contributed by atoms with Gasteiger partial charge in [0.2, 0.25) is 0 Å². The molecule has 1 amide bonds. The minimum atomic E-state index is -0.302. The van der Waals surface area contributed by atoms with Crippen LogP contribution in [-0.2, 0) is 0 Å². The maximum atomic E-state index is 12.2. The second-order valence-electron chi connectivity index (χ2n) is 5.59. The zero-order chi connectivity index (χ0) is 16.7. The molecule has 3 N–H and O–H groups in total. The van der Waals surface area contributed by atoms with Crippen LogP contribution in [0.5, 0.6) is 11.5 Å². The molecule has 0 saturated carbocycles. The Morgan fingerprint density at radius 3 is 2.46 bits per heavy atom. The number of aromatic hydroxyl groups is 1. The molecular weight excluding hydrogens is 306 g/mol. The Balaban J connectivity index is 1.80. The summed E-state index contributed by atoms with van der Waals surface area (Å²) in [7, 11) is 1.62. The first-order valence-corrected chi connectivity index (χ1v) is 7.50. The van der Waals surface area contributed by atoms with E-state index in [0.29, 0.717) is 5.69 Å². The number of rotatable bonds is 3. The molecule has 1 unspecified atom stereocenters. The van der Waals surface area contributed by atoms with E-state index in [1.54, 1.807) is 31.4 Å². The zero-order valence-corrected chi connectivity index (χ0v) is 12.9. The number of H-pyrrole nitrogens is 1. The minimum absolute atomic E-state index is 0.185. The van der Waals surface area contributed by atoms with Crippen LogP contribution >= 0.6 is 0 Å². The summed E-state index contributed by atoms with van der Waals surface area (Å²) in [5, 5.41) is 19.6. The molecule has 1 aliphatic rings. The standard InChI is InChI=1S/C18H15N3O3/c1-24-13-8-4-11(5-9-13)16-14-15(10-2-6-12(22)7-3-10)19-18(23)17(14)21-20-16/h2-9,15,22H,1H3,(H,19,23)(H,20,21). The number of nitrogens with one attached hydrogen (secondary N) is 2. The Morgan fingerprint density at radius 2 is 1.79 bits per heavy atom. The third-order valence-corrected chi connectivity index (χ3v) is 4.19. The molecule has 6 nitrogen and oxygen atoms in total. The van der Waals surface area contributed by atoms with Gasteiger partial charge in [-0.15, -0.1) is 0 Å². The summed E-state index contributed by atoms with van der Waals surface area (Å²) in [5.41, 5.74) is 3.79. The molecule has 0 bridgehead atoms. The number of nitrogens with zero attached hydrogens (tertiary/aromatic N) is 1. The van der Waals surface area contributed by atoms with Crippen LogP contribution in [0, 0.1) is 0 Å². The fraction of sp³-hybridized carbons (Fsp3) is 0.111. The summed E-state index contributed by atoms with van der Waals surface area (Å²) in [6.07, 6.45) is 0. The molecule has 3 aromatic rings. The van der Waals surface area contributed by atoms with Crippen molar-refractivity contribution in [2.75, 3.05) is 7.11 Å². The van der Waals surface area contributed by atoms with E-state index in [9.17, 15) is 9.90 Å². The van der Waals surface area contributed by atoms with Gasteiger partial charge in [0.05, 0.1) is 18.8 Å². The van der Waals surface area contributed by atoms with Crippen LogP contribution in [-0.4, -0.2) is 28.3 Å². The van der Waals surface area contributed by atoms with E-state index in [-0.39, 0.29) is 17.7 Å². The normalized spacial score (nSPS) is 15.9. The lowest BCUT2D eigenvalue weighted by Gasteiger charge is -2.13. The number of amides is 1. The lowest BCUT2D eigenvalue weighted by molar-refractivity contribution is 0.0955. The fourth-order valence-electron chi connectivity index (χ4n) is 2.97. The van der Waals surface area contributed by atoms with Crippen molar-refractivity contribution in [1.82, 2.24) is 15.5 Å². The quantitative estimate of drug-likeness (QED) is 0.692. The van der Waals surface area contributed by atoms with Crippen LogP contribution in [0.25, 0.3) is 11.3 Å². The van der Waals surface area contributed by atoms with Gasteiger partial charge in [0, 0.05) is 11.1 Å². The summed E-state index contributed by atoms with van der Waals surface area (Å²) < 4.78 is 5.18. The van der Waals surface area contributed by atoms with Gasteiger partial charge in [-0.2, -0.15) is 5.10 Å². The van der Waals surface area contributed by atoms with Crippen molar-refractivity contribution in [3.63, 3.8) is 0 Å². The molecule has 6 heteroatoms. The van der Waals surface area contributed by atoms with Gasteiger partial charge in [-0.05, 0) is 42.0 Å². The number of ether oxygens (including phenoxy) is 1. The number of carbonyl (C=O) groups excluding carboxylic acids is 1. The van der Waals surface area contributed by atoms with Crippen molar-refractivity contribution < 1.29 is 14.6 Å². The van der Waals surface area contributed by atoms with Crippen LogP contribution in [0.2, 0.25) is 0 Å². The number of hydrogen-bond acceptors (Lipinski definition) is 4. The molecule has 0 spiro atoms. The summed E-state index contributed by atoms with van der Waals surface area (Å²) in [6, 6.07) is 14.0. The van der Waals surface area contributed by atoms with E-state index in [1.807, 2.05) is 24.3 Å². The van der Waals surface area contributed by atoms with E-state index in [0.717, 1.165) is 28.1 Å². The molecule has 0 aliphatic carbocycles. The van der Waals surface area contributed by atoms with Crippen molar-refractivity contribution >= 4 is 5.91 Å². The molecule has 120 valence electrons. The number of aromatic amines is 1. The maximum absolute atomic E-state index is 12.2. The average molecular weight is 321 g/mol. The van der Waals surface area contributed by atoms with Crippen molar-refractivity contribution in [2.45, 2.75) is 6.04 Å². The molecule has 0 saturated heterocycles. The van der Waals surface area contributed by atoms with Gasteiger partial charge in [0.25, 0.3) is 5.91 Å². The van der Waals surface area contributed by atoms with Crippen LogP contribution in [0.3, 0.4) is 0 Å². The zero-order valence-electron chi connectivity index (χ0n) is 12.9. The molecule has 1 atom stereocenters. The SMILES string of the molecule is COc1ccc(-c2n[nH]c3c2C(c2ccc(O)cc2)NC3=O)cc1. The largest absolute Gasteiger partial charge is 0.508 e. The smallest absolute Gasteiger partial charge is 0.270 e. The van der Waals surface area contributed by atoms with E-state index in [1.165, 1.54) is 0 Å². The van der Waals surface area contributed by atoms with Crippen molar-refractivity contribution in [3.05, 3.63) is 65.4 Å². The van der Waals surface area contributed by atoms with Gasteiger partial charge in [0.15, 0.2) is 0 Å². The summed E-state index contributed by atoms with van der Waals surface area (Å²) in [4.78, 5) is 12.2. The molecule has 0 fully saturated rings. The molecule has 0 radical (unpaired) electrons. The van der Waals surface area contributed by atoms with E-state index < -0.39 is 0 Å². The van der Waals surface area contributed by atoms with Crippen molar-refractivity contribution in [2.24, 2.45) is 0 Å². The molecule has 2 aromatic carbocycles. The summed E-state index contributed by atoms with van der Waals surface area (Å²) in [6.45, 7) is 0. The van der Waals surface area contributed by atoms with Gasteiger partial charge in [-0.25, -0.2) is 0 Å². The number of benzene rings is 2. The highest BCUT2D eigenvalue weighted by molar-refractivity contribution is 6.00. The molecule has 4 rings (SSSR count). The highest BCUT2D eigenvalue weighted by Crippen LogP contribution is 2.37. The Hall–Kier alpha value is -3.28. The van der Waals surface area contributed by atoms with Gasteiger partial charge < -0.3 is 15.2 Å². The Kier molecular flexibility index (Phi) is 3.23. The van der Waals surface area contributed by atoms with Gasteiger partial charge >= 0.3 is 0 Å². The van der Waals surface area contributed by atoms with Crippen LogP contribution < -0.4 is 10.1 Å². The van der Waals surface area contributed by atoms with Crippen LogP contribution in [0.4, 0.5) is 0 Å². The fourth-order valence-corrected chi connectivity index (χ4v) is 2.97. The van der Waals surface area contributed by atoms with E-state index in [2.05, 4.69) is 15.5 Å². The minimum Gasteiger partial charge on any atom is -0.508 e. The lowest BCUT2D eigenvalue weighted by Crippen LogP contribution is -2.21. The van der Waals surface area contributed by atoms with Gasteiger partial charge in [0.1, 0.15) is 17.2 Å². The Bertz CT molecular complexity index is 898. The highest BCUT2D eigenvalue weighted by Gasteiger charge is 2.35. The number of fused-ring (bicyclic) bond motifs is 1. The average Bonchev–Trinajstić information content (AvgIpc) is 3.18. The molecule has 24 heavy (non-hydrogen) atoms. The first kappa shape index (κ1) is 14.3. The van der Waals surface area contributed by atoms with Gasteiger partial charge in [-0.3, -0.25) is 9.89 Å². The number of aromatic nitrogens is 2. The predicted molar refractivity (Wildman–Crippen MR) is 88.0 cm³/mol.